The number of nitrogens with one attached hydrogen (secondary N) is 2. The molecule has 1 unspecified atom stereocenters. The van der Waals surface area contributed by atoms with E-state index in [0.29, 0.717) is 16.4 Å². The normalized spacial score (nSPS) is 11.8. The standard InChI is InChI=1S/C15H15BrClN3O/c1-9(10-3-5-12(17)6-4-10)20-15(21)13-7-11(16)8-19-14(13)18-2/h3-9H,1-2H3,(H,18,19)(H,20,21). The summed E-state index contributed by atoms with van der Waals surface area (Å²) in [5, 5.41) is 6.54. The second-order valence-electron chi connectivity index (χ2n) is 4.55. The van der Waals surface area contributed by atoms with E-state index in [4.69, 9.17) is 11.6 Å². The molecule has 110 valence electrons. The number of pyridine rings is 1. The molecule has 2 aromatic rings. The smallest absolute Gasteiger partial charge is 0.255 e. The minimum Gasteiger partial charge on any atom is -0.372 e. The molecule has 1 atom stereocenters. The molecule has 21 heavy (non-hydrogen) atoms. The van der Waals surface area contributed by atoms with Gasteiger partial charge in [0.15, 0.2) is 0 Å². The maximum Gasteiger partial charge on any atom is 0.255 e. The molecule has 0 aliphatic heterocycles. The van der Waals surface area contributed by atoms with E-state index in [-0.39, 0.29) is 11.9 Å². The highest BCUT2D eigenvalue weighted by Gasteiger charge is 2.16. The van der Waals surface area contributed by atoms with Gasteiger partial charge in [-0.3, -0.25) is 4.79 Å². The van der Waals surface area contributed by atoms with Crippen LogP contribution in [0.5, 0.6) is 0 Å². The van der Waals surface area contributed by atoms with Crippen molar-refractivity contribution < 1.29 is 4.79 Å². The lowest BCUT2D eigenvalue weighted by Crippen LogP contribution is -2.27. The second-order valence-corrected chi connectivity index (χ2v) is 5.90. The van der Waals surface area contributed by atoms with Gasteiger partial charge in [-0.05, 0) is 46.6 Å². The van der Waals surface area contributed by atoms with Gasteiger partial charge in [-0.1, -0.05) is 23.7 Å². The summed E-state index contributed by atoms with van der Waals surface area (Å²) in [6.07, 6.45) is 1.64. The molecule has 1 amide bonds. The number of benzene rings is 1. The van der Waals surface area contributed by atoms with Crippen molar-refractivity contribution in [2.75, 3.05) is 12.4 Å². The van der Waals surface area contributed by atoms with Crippen LogP contribution in [0, 0.1) is 0 Å². The predicted molar refractivity (Wildman–Crippen MR) is 88.8 cm³/mol. The lowest BCUT2D eigenvalue weighted by atomic mass is 10.1. The van der Waals surface area contributed by atoms with Gasteiger partial charge in [0.2, 0.25) is 0 Å². The van der Waals surface area contributed by atoms with Gasteiger partial charge in [0.1, 0.15) is 5.82 Å². The molecule has 4 nitrogen and oxygen atoms in total. The molecule has 0 saturated heterocycles. The molecule has 0 radical (unpaired) electrons. The van der Waals surface area contributed by atoms with Crippen LogP contribution in [-0.2, 0) is 0 Å². The van der Waals surface area contributed by atoms with Gasteiger partial charge >= 0.3 is 0 Å². The van der Waals surface area contributed by atoms with E-state index in [2.05, 4.69) is 31.5 Å². The Kier molecular flexibility index (Phi) is 5.20. The fourth-order valence-corrected chi connectivity index (χ4v) is 2.38. The molecule has 2 rings (SSSR count). The van der Waals surface area contributed by atoms with Crippen molar-refractivity contribution in [2.24, 2.45) is 0 Å². The van der Waals surface area contributed by atoms with Gasteiger partial charge < -0.3 is 10.6 Å². The van der Waals surface area contributed by atoms with Crippen molar-refractivity contribution in [1.29, 1.82) is 0 Å². The summed E-state index contributed by atoms with van der Waals surface area (Å²) >= 11 is 9.19. The van der Waals surface area contributed by atoms with Crippen LogP contribution in [0.1, 0.15) is 28.9 Å². The van der Waals surface area contributed by atoms with Crippen molar-refractivity contribution in [2.45, 2.75) is 13.0 Å². The summed E-state index contributed by atoms with van der Waals surface area (Å²) in [4.78, 5) is 16.6. The van der Waals surface area contributed by atoms with Crippen LogP contribution in [0.15, 0.2) is 41.0 Å². The Labute approximate surface area is 137 Å². The van der Waals surface area contributed by atoms with Crippen LogP contribution in [0.3, 0.4) is 0 Å². The van der Waals surface area contributed by atoms with Crippen LogP contribution in [0.25, 0.3) is 0 Å². The zero-order valence-electron chi connectivity index (χ0n) is 11.7. The highest BCUT2D eigenvalue weighted by Crippen LogP contribution is 2.20. The minimum atomic E-state index is -0.185. The number of halogens is 2. The Morgan fingerprint density at radius 3 is 2.62 bits per heavy atom. The maximum atomic E-state index is 12.4. The summed E-state index contributed by atoms with van der Waals surface area (Å²) in [7, 11) is 1.73. The lowest BCUT2D eigenvalue weighted by molar-refractivity contribution is 0.0940. The topological polar surface area (TPSA) is 54.0 Å². The third kappa shape index (κ3) is 3.95. The van der Waals surface area contributed by atoms with Crippen molar-refractivity contribution in [3.05, 3.63) is 57.2 Å². The number of aromatic nitrogens is 1. The molecule has 6 heteroatoms. The lowest BCUT2D eigenvalue weighted by Gasteiger charge is -2.16. The van der Waals surface area contributed by atoms with Crippen LogP contribution in [0.4, 0.5) is 5.82 Å². The molecule has 1 heterocycles. The van der Waals surface area contributed by atoms with Gasteiger partial charge in [-0.2, -0.15) is 0 Å². The minimum absolute atomic E-state index is 0.126. The maximum absolute atomic E-state index is 12.4. The Morgan fingerprint density at radius 2 is 2.00 bits per heavy atom. The van der Waals surface area contributed by atoms with Gasteiger partial charge in [0.25, 0.3) is 5.91 Å². The molecule has 0 bridgehead atoms. The molecule has 1 aromatic carbocycles. The molecule has 1 aromatic heterocycles. The van der Waals surface area contributed by atoms with Crippen molar-refractivity contribution in [3.63, 3.8) is 0 Å². The number of hydrogen-bond donors (Lipinski definition) is 2. The summed E-state index contributed by atoms with van der Waals surface area (Å²) in [6, 6.07) is 9.01. The molecule has 0 fully saturated rings. The zero-order chi connectivity index (χ0) is 15.4. The van der Waals surface area contributed by atoms with Gasteiger partial charge in [-0.15, -0.1) is 0 Å². The third-order valence-electron chi connectivity index (χ3n) is 3.05. The molecule has 0 aliphatic carbocycles. The largest absolute Gasteiger partial charge is 0.372 e. The average Bonchev–Trinajstić information content (AvgIpc) is 2.47. The number of anilines is 1. The Hall–Kier alpha value is -1.59. The van der Waals surface area contributed by atoms with Crippen LogP contribution >= 0.6 is 27.5 Å². The number of carbonyl (C=O) groups excluding carboxylic acids is 1. The predicted octanol–water partition coefficient (Wildman–Crippen LogP) is 4.03. The van der Waals surface area contributed by atoms with Gasteiger partial charge in [0, 0.05) is 22.7 Å². The highest BCUT2D eigenvalue weighted by molar-refractivity contribution is 9.10. The molecule has 2 N–H and O–H groups in total. The Bertz CT molecular complexity index is 646. The van der Waals surface area contributed by atoms with Crippen LogP contribution in [-0.4, -0.2) is 17.9 Å². The molecular weight excluding hydrogens is 354 g/mol. The first-order valence-corrected chi connectivity index (χ1v) is 7.58. The van der Waals surface area contributed by atoms with Gasteiger partial charge in [-0.25, -0.2) is 4.98 Å². The summed E-state index contributed by atoms with van der Waals surface area (Å²) in [5.74, 6) is 0.356. The Morgan fingerprint density at radius 1 is 1.33 bits per heavy atom. The fraction of sp³-hybridized carbons (Fsp3) is 0.200. The van der Waals surface area contributed by atoms with E-state index in [0.717, 1.165) is 10.0 Å². The van der Waals surface area contributed by atoms with E-state index in [1.54, 1.807) is 31.4 Å². The molecule has 0 saturated carbocycles. The van der Waals surface area contributed by atoms with E-state index in [1.165, 1.54) is 0 Å². The van der Waals surface area contributed by atoms with E-state index in [1.807, 2.05) is 19.1 Å². The zero-order valence-corrected chi connectivity index (χ0v) is 14.0. The van der Waals surface area contributed by atoms with E-state index < -0.39 is 0 Å². The summed E-state index contributed by atoms with van der Waals surface area (Å²) in [6.45, 7) is 1.92. The fourth-order valence-electron chi connectivity index (χ4n) is 1.92. The number of hydrogen-bond acceptors (Lipinski definition) is 3. The van der Waals surface area contributed by atoms with Crippen LogP contribution in [0.2, 0.25) is 5.02 Å². The first-order chi connectivity index (χ1) is 10.0. The molecule has 0 spiro atoms. The van der Waals surface area contributed by atoms with Crippen molar-refractivity contribution >= 4 is 39.3 Å². The Balaban J connectivity index is 2.17. The number of nitrogens with zero attached hydrogens (tertiary/aromatic N) is 1. The monoisotopic (exact) mass is 367 g/mol. The third-order valence-corrected chi connectivity index (χ3v) is 3.74. The van der Waals surface area contributed by atoms with Crippen LogP contribution < -0.4 is 10.6 Å². The number of amides is 1. The number of rotatable bonds is 4. The first kappa shape index (κ1) is 15.8. The first-order valence-electron chi connectivity index (χ1n) is 6.41. The number of carbonyl (C=O) groups is 1. The van der Waals surface area contributed by atoms with Crippen molar-refractivity contribution in [1.82, 2.24) is 10.3 Å². The summed E-state index contributed by atoms with van der Waals surface area (Å²) in [5.41, 5.74) is 1.48. The molecular formula is C15H15BrClN3O. The molecule has 0 aliphatic rings. The van der Waals surface area contributed by atoms with Crippen molar-refractivity contribution in [3.8, 4) is 0 Å². The second kappa shape index (κ2) is 6.91. The summed E-state index contributed by atoms with van der Waals surface area (Å²) < 4.78 is 0.755. The SMILES string of the molecule is CNc1ncc(Br)cc1C(=O)NC(C)c1ccc(Cl)cc1. The van der Waals surface area contributed by atoms with E-state index in [9.17, 15) is 4.79 Å². The highest BCUT2D eigenvalue weighted by atomic mass is 79.9. The average molecular weight is 369 g/mol. The van der Waals surface area contributed by atoms with Gasteiger partial charge in [0.05, 0.1) is 11.6 Å². The van der Waals surface area contributed by atoms with E-state index >= 15 is 0 Å². The quantitative estimate of drug-likeness (QED) is 0.856.